The van der Waals surface area contributed by atoms with E-state index in [4.69, 9.17) is 5.73 Å². The van der Waals surface area contributed by atoms with Crippen LogP contribution in [-0.2, 0) is 0 Å². The van der Waals surface area contributed by atoms with Crippen LogP contribution in [0.5, 0.6) is 0 Å². The van der Waals surface area contributed by atoms with Crippen molar-refractivity contribution in [1.29, 1.82) is 0 Å². The molecular weight excluding hydrogens is 236 g/mol. The summed E-state index contributed by atoms with van der Waals surface area (Å²) in [6.45, 7) is 4.57. The monoisotopic (exact) mass is 262 g/mol. The summed E-state index contributed by atoms with van der Waals surface area (Å²) in [6.07, 6.45) is 4.11. The summed E-state index contributed by atoms with van der Waals surface area (Å²) in [4.78, 5) is 2.37. The fourth-order valence-corrected chi connectivity index (χ4v) is 3.23. The number of aliphatic hydroxyl groups is 1. The average molecular weight is 262 g/mol. The van der Waals surface area contributed by atoms with E-state index in [1.807, 2.05) is 6.07 Å². The van der Waals surface area contributed by atoms with Crippen LogP contribution < -0.4 is 10.6 Å². The molecule has 0 amide bonds. The summed E-state index contributed by atoms with van der Waals surface area (Å²) in [5, 5.41) is 10.5. The second-order valence-corrected chi connectivity index (χ2v) is 5.60. The molecule has 0 aromatic heterocycles. The third-order valence-electron chi connectivity index (χ3n) is 4.53. The molecule has 3 nitrogen and oxygen atoms in total. The zero-order chi connectivity index (χ0) is 13.7. The molecule has 0 saturated heterocycles. The van der Waals surface area contributed by atoms with E-state index in [0.29, 0.717) is 12.5 Å². The van der Waals surface area contributed by atoms with Gasteiger partial charge in [0.05, 0.1) is 5.60 Å². The van der Waals surface area contributed by atoms with E-state index in [1.165, 1.54) is 5.69 Å². The maximum atomic E-state index is 10.5. The van der Waals surface area contributed by atoms with Crippen LogP contribution in [0.25, 0.3) is 0 Å². The van der Waals surface area contributed by atoms with Crippen molar-refractivity contribution >= 4 is 5.69 Å². The second kappa shape index (κ2) is 6.40. The number of hydrogen-bond donors (Lipinski definition) is 2. The first-order valence-corrected chi connectivity index (χ1v) is 7.42. The van der Waals surface area contributed by atoms with Gasteiger partial charge in [0.1, 0.15) is 0 Å². The highest BCUT2D eigenvalue weighted by molar-refractivity contribution is 5.45. The van der Waals surface area contributed by atoms with Gasteiger partial charge in [-0.1, -0.05) is 24.6 Å². The average Bonchev–Trinajstić information content (AvgIpc) is 2.83. The van der Waals surface area contributed by atoms with E-state index >= 15 is 0 Å². The van der Waals surface area contributed by atoms with Gasteiger partial charge in [0.2, 0.25) is 0 Å². The Kier molecular flexibility index (Phi) is 4.83. The Hall–Kier alpha value is -1.06. The quantitative estimate of drug-likeness (QED) is 0.827. The summed E-state index contributed by atoms with van der Waals surface area (Å²) in [5.41, 5.74) is 6.39. The highest BCUT2D eigenvalue weighted by atomic mass is 16.3. The van der Waals surface area contributed by atoms with E-state index in [-0.39, 0.29) is 0 Å². The van der Waals surface area contributed by atoms with E-state index in [0.717, 1.165) is 38.8 Å². The molecule has 2 rings (SSSR count). The maximum absolute atomic E-state index is 10.5. The number of anilines is 1. The Labute approximate surface area is 116 Å². The first kappa shape index (κ1) is 14.4. The first-order valence-electron chi connectivity index (χ1n) is 7.42. The standard InChI is InChI=1S/C16H26N2O/c1-2-18(15-8-4-3-5-9-15)12-10-14-7-6-11-16(14,19)13-17/h3-5,8-9,14,19H,2,6-7,10-13,17H2,1H3. The van der Waals surface area contributed by atoms with Crippen molar-refractivity contribution in [3.63, 3.8) is 0 Å². The van der Waals surface area contributed by atoms with Crippen molar-refractivity contribution in [2.75, 3.05) is 24.5 Å². The van der Waals surface area contributed by atoms with Crippen LogP contribution in [0.2, 0.25) is 0 Å². The number of nitrogens with zero attached hydrogens (tertiary/aromatic N) is 1. The third kappa shape index (κ3) is 3.28. The van der Waals surface area contributed by atoms with Crippen molar-refractivity contribution in [1.82, 2.24) is 0 Å². The van der Waals surface area contributed by atoms with Crippen molar-refractivity contribution < 1.29 is 5.11 Å². The molecule has 0 aliphatic heterocycles. The molecule has 2 atom stereocenters. The molecule has 0 spiro atoms. The van der Waals surface area contributed by atoms with Crippen LogP contribution in [0.1, 0.15) is 32.6 Å². The summed E-state index contributed by atoms with van der Waals surface area (Å²) in [5.74, 6) is 0.357. The van der Waals surface area contributed by atoms with E-state index in [2.05, 4.69) is 36.1 Å². The van der Waals surface area contributed by atoms with Gasteiger partial charge >= 0.3 is 0 Å². The Morgan fingerprint density at radius 1 is 1.37 bits per heavy atom. The van der Waals surface area contributed by atoms with Crippen molar-refractivity contribution in [3.05, 3.63) is 30.3 Å². The molecule has 2 unspecified atom stereocenters. The predicted octanol–water partition coefficient (Wildman–Crippen LogP) is 2.39. The van der Waals surface area contributed by atoms with Crippen LogP contribution in [0.3, 0.4) is 0 Å². The smallest absolute Gasteiger partial charge is 0.0798 e. The molecule has 1 saturated carbocycles. The van der Waals surface area contributed by atoms with Gasteiger partial charge in [-0.2, -0.15) is 0 Å². The van der Waals surface area contributed by atoms with Crippen LogP contribution in [-0.4, -0.2) is 30.3 Å². The summed E-state index contributed by atoms with van der Waals surface area (Å²) in [6, 6.07) is 10.5. The van der Waals surface area contributed by atoms with Crippen molar-refractivity contribution in [3.8, 4) is 0 Å². The van der Waals surface area contributed by atoms with Crippen LogP contribution >= 0.6 is 0 Å². The van der Waals surface area contributed by atoms with E-state index in [1.54, 1.807) is 0 Å². The number of nitrogens with two attached hydrogens (primary N) is 1. The summed E-state index contributed by atoms with van der Waals surface area (Å²) >= 11 is 0. The minimum atomic E-state index is -0.615. The molecule has 1 aromatic rings. The topological polar surface area (TPSA) is 49.5 Å². The van der Waals surface area contributed by atoms with E-state index < -0.39 is 5.60 Å². The molecule has 1 aliphatic carbocycles. The fourth-order valence-electron chi connectivity index (χ4n) is 3.23. The van der Waals surface area contributed by atoms with Crippen LogP contribution in [0.15, 0.2) is 30.3 Å². The molecule has 0 bridgehead atoms. The summed E-state index contributed by atoms with van der Waals surface area (Å²) in [7, 11) is 0. The highest BCUT2D eigenvalue weighted by Crippen LogP contribution is 2.37. The molecule has 3 N–H and O–H groups in total. The maximum Gasteiger partial charge on any atom is 0.0798 e. The normalized spacial score (nSPS) is 26.6. The van der Waals surface area contributed by atoms with Crippen LogP contribution in [0, 0.1) is 5.92 Å². The van der Waals surface area contributed by atoms with Gasteiger partial charge in [-0.15, -0.1) is 0 Å². The van der Waals surface area contributed by atoms with Gasteiger partial charge in [-0.05, 0) is 44.2 Å². The van der Waals surface area contributed by atoms with Gasteiger partial charge < -0.3 is 15.7 Å². The van der Waals surface area contributed by atoms with Crippen molar-refractivity contribution in [2.24, 2.45) is 11.7 Å². The number of rotatable bonds is 6. The van der Waals surface area contributed by atoms with E-state index in [9.17, 15) is 5.11 Å². The van der Waals surface area contributed by atoms with Gasteiger partial charge in [0.25, 0.3) is 0 Å². The van der Waals surface area contributed by atoms with Crippen LogP contribution in [0.4, 0.5) is 5.69 Å². The lowest BCUT2D eigenvalue weighted by molar-refractivity contribution is 0.00888. The Balaban J connectivity index is 1.94. The van der Waals surface area contributed by atoms with Gasteiger partial charge in [-0.25, -0.2) is 0 Å². The largest absolute Gasteiger partial charge is 0.388 e. The SMILES string of the molecule is CCN(CCC1CCCC1(O)CN)c1ccccc1. The Morgan fingerprint density at radius 2 is 2.11 bits per heavy atom. The molecule has 106 valence electrons. The van der Waals surface area contributed by atoms with Gasteiger partial charge in [0.15, 0.2) is 0 Å². The fraction of sp³-hybridized carbons (Fsp3) is 0.625. The second-order valence-electron chi connectivity index (χ2n) is 5.60. The lowest BCUT2D eigenvalue weighted by Crippen LogP contribution is -2.42. The number of benzene rings is 1. The minimum absolute atomic E-state index is 0.357. The lowest BCUT2D eigenvalue weighted by Gasteiger charge is -2.31. The zero-order valence-corrected chi connectivity index (χ0v) is 11.9. The summed E-state index contributed by atoms with van der Waals surface area (Å²) < 4.78 is 0. The number of hydrogen-bond acceptors (Lipinski definition) is 3. The molecule has 3 heteroatoms. The minimum Gasteiger partial charge on any atom is -0.388 e. The molecule has 1 aliphatic rings. The molecule has 1 aromatic carbocycles. The molecule has 0 heterocycles. The molecular formula is C16H26N2O. The molecule has 0 radical (unpaired) electrons. The Morgan fingerprint density at radius 3 is 2.74 bits per heavy atom. The first-order chi connectivity index (χ1) is 9.19. The predicted molar refractivity (Wildman–Crippen MR) is 80.3 cm³/mol. The van der Waals surface area contributed by atoms with Gasteiger partial charge in [0, 0.05) is 25.3 Å². The zero-order valence-electron chi connectivity index (χ0n) is 11.9. The number of para-hydroxylation sites is 1. The highest BCUT2D eigenvalue weighted by Gasteiger charge is 2.39. The molecule has 1 fully saturated rings. The molecule has 19 heavy (non-hydrogen) atoms. The Bertz CT molecular complexity index is 382. The third-order valence-corrected chi connectivity index (χ3v) is 4.53. The lowest BCUT2D eigenvalue weighted by atomic mass is 9.88. The van der Waals surface area contributed by atoms with Gasteiger partial charge in [-0.3, -0.25) is 0 Å². The van der Waals surface area contributed by atoms with Crippen molar-refractivity contribution in [2.45, 2.75) is 38.2 Å².